The van der Waals surface area contributed by atoms with Gasteiger partial charge in [0.2, 0.25) is 11.8 Å². The van der Waals surface area contributed by atoms with Crippen LogP contribution >= 0.6 is 0 Å². The Kier molecular flexibility index (Phi) is 5.37. The lowest BCUT2D eigenvalue weighted by Gasteiger charge is -2.32. The third-order valence-electron chi connectivity index (χ3n) is 4.77. The Morgan fingerprint density at radius 3 is 2.56 bits per heavy atom. The fourth-order valence-electron chi connectivity index (χ4n) is 3.32. The number of nitriles is 1. The molecule has 136 valence electrons. The molecule has 5 nitrogen and oxygen atoms in total. The SMILES string of the molecule is CC(=O)N1C=Cc2ccccc2C1CC(=O)NC(C)c1ccc(C#N)cc1. The fraction of sp³-hybridized carbons (Fsp3) is 0.227. The number of amides is 2. The van der Waals surface area contributed by atoms with E-state index in [-0.39, 0.29) is 30.3 Å². The van der Waals surface area contributed by atoms with E-state index in [1.165, 1.54) is 6.92 Å². The van der Waals surface area contributed by atoms with Gasteiger partial charge in [-0.3, -0.25) is 9.59 Å². The number of rotatable bonds is 4. The first-order chi connectivity index (χ1) is 13.0. The van der Waals surface area contributed by atoms with Gasteiger partial charge in [-0.15, -0.1) is 0 Å². The van der Waals surface area contributed by atoms with E-state index >= 15 is 0 Å². The highest BCUT2D eigenvalue weighted by Crippen LogP contribution is 2.33. The summed E-state index contributed by atoms with van der Waals surface area (Å²) in [7, 11) is 0. The summed E-state index contributed by atoms with van der Waals surface area (Å²) in [5.74, 6) is -0.230. The van der Waals surface area contributed by atoms with Gasteiger partial charge in [-0.2, -0.15) is 5.26 Å². The maximum atomic E-state index is 12.7. The topological polar surface area (TPSA) is 73.2 Å². The van der Waals surface area contributed by atoms with Crippen molar-refractivity contribution in [1.29, 1.82) is 5.26 Å². The third-order valence-corrected chi connectivity index (χ3v) is 4.77. The van der Waals surface area contributed by atoms with Crippen molar-refractivity contribution in [2.24, 2.45) is 0 Å². The Morgan fingerprint density at radius 2 is 1.89 bits per heavy atom. The molecule has 0 aliphatic carbocycles. The van der Waals surface area contributed by atoms with Crippen LogP contribution in [0, 0.1) is 11.3 Å². The molecule has 3 rings (SSSR count). The van der Waals surface area contributed by atoms with Crippen LogP contribution in [0.2, 0.25) is 0 Å². The highest BCUT2D eigenvalue weighted by atomic mass is 16.2. The van der Waals surface area contributed by atoms with Gasteiger partial charge in [0.1, 0.15) is 0 Å². The quantitative estimate of drug-likeness (QED) is 0.904. The summed E-state index contributed by atoms with van der Waals surface area (Å²) in [6.45, 7) is 3.40. The molecule has 5 heteroatoms. The van der Waals surface area contributed by atoms with Gasteiger partial charge in [-0.05, 0) is 41.8 Å². The standard InChI is InChI=1S/C22H21N3O2/c1-15(18-9-7-17(14-23)8-10-18)24-22(27)13-21-20-6-4-3-5-19(20)11-12-25(21)16(2)26/h3-12,15,21H,13H2,1-2H3,(H,24,27). The highest BCUT2D eigenvalue weighted by Gasteiger charge is 2.28. The smallest absolute Gasteiger partial charge is 0.223 e. The van der Waals surface area contributed by atoms with E-state index in [2.05, 4.69) is 11.4 Å². The molecule has 27 heavy (non-hydrogen) atoms. The van der Waals surface area contributed by atoms with Crippen LogP contribution in [-0.2, 0) is 9.59 Å². The third kappa shape index (κ3) is 4.06. The Bertz CT molecular complexity index is 925. The molecule has 0 radical (unpaired) electrons. The molecule has 1 aliphatic rings. The number of nitrogens with one attached hydrogen (secondary N) is 1. The summed E-state index contributed by atoms with van der Waals surface area (Å²) in [5, 5.41) is 11.9. The normalized spacial score (nSPS) is 16.2. The lowest BCUT2D eigenvalue weighted by Crippen LogP contribution is -2.36. The number of carbonyl (C=O) groups excluding carboxylic acids is 2. The predicted octanol–water partition coefficient (Wildman–Crippen LogP) is 3.70. The van der Waals surface area contributed by atoms with Crippen molar-refractivity contribution in [3.63, 3.8) is 0 Å². The van der Waals surface area contributed by atoms with Crippen molar-refractivity contribution in [2.45, 2.75) is 32.4 Å². The Balaban J connectivity index is 1.74. The van der Waals surface area contributed by atoms with Crippen molar-refractivity contribution >= 4 is 17.9 Å². The Hall–Kier alpha value is -3.39. The van der Waals surface area contributed by atoms with Gasteiger partial charge in [0, 0.05) is 13.1 Å². The Labute approximate surface area is 158 Å². The molecular formula is C22H21N3O2. The monoisotopic (exact) mass is 359 g/mol. The number of nitrogens with zero attached hydrogens (tertiary/aromatic N) is 2. The van der Waals surface area contributed by atoms with Crippen LogP contribution in [0.25, 0.3) is 6.08 Å². The second kappa shape index (κ2) is 7.88. The lowest BCUT2D eigenvalue weighted by molar-refractivity contribution is -0.130. The summed E-state index contributed by atoms with van der Waals surface area (Å²) in [6.07, 6.45) is 3.82. The van der Waals surface area contributed by atoms with Crippen LogP contribution in [-0.4, -0.2) is 16.7 Å². The second-order valence-corrected chi connectivity index (χ2v) is 6.61. The van der Waals surface area contributed by atoms with Crippen molar-refractivity contribution in [3.05, 3.63) is 77.0 Å². The summed E-state index contributed by atoms with van der Waals surface area (Å²) >= 11 is 0. The zero-order valence-corrected chi connectivity index (χ0v) is 15.3. The summed E-state index contributed by atoms with van der Waals surface area (Å²) in [6, 6.07) is 16.5. The maximum Gasteiger partial charge on any atom is 0.223 e. The molecular weight excluding hydrogens is 338 g/mol. The van der Waals surface area contributed by atoms with Gasteiger partial charge in [-0.25, -0.2) is 0 Å². The van der Waals surface area contributed by atoms with Crippen molar-refractivity contribution in [1.82, 2.24) is 10.2 Å². The molecule has 0 aromatic heterocycles. The molecule has 0 fully saturated rings. The largest absolute Gasteiger partial charge is 0.350 e. The predicted molar refractivity (Wildman–Crippen MR) is 103 cm³/mol. The van der Waals surface area contributed by atoms with E-state index in [1.807, 2.05) is 49.4 Å². The number of hydrogen-bond donors (Lipinski definition) is 1. The van der Waals surface area contributed by atoms with Gasteiger partial charge in [-0.1, -0.05) is 36.4 Å². The van der Waals surface area contributed by atoms with Crippen molar-refractivity contribution in [2.75, 3.05) is 0 Å². The van der Waals surface area contributed by atoms with E-state index in [1.54, 1.807) is 23.2 Å². The molecule has 0 saturated carbocycles. The van der Waals surface area contributed by atoms with Crippen LogP contribution in [0.15, 0.2) is 54.7 Å². The first-order valence-corrected chi connectivity index (χ1v) is 8.85. The number of hydrogen-bond acceptors (Lipinski definition) is 3. The van der Waals surface area contributed by atoms with Crippen LogP contribution in [0.1, 0.15) is 54.6 Å². The van der Waals surface area contributed by atoms with Crippen LogP contribution in [0.4, 0.5) is 0 Å². The minimum absolute atomic E-state index is 0.0984. The van der Waals surface area contributed by atoms with Gasteiger partial charge >= 0.3 is 0 Å². The summed E-state index contributed by atoms with van der Waals surface area (Å²) < 4.78 is 0. The van der Waals surface area contributed by atoms with Crippen LogP contribution in [0.3, 0.4) is 0 Å². The lowest BCUT2D eigenvalue weighted by atomic mass is 9.93. The fourth-order valence-corrected chi connectivity index (χ4v) is 3.32. The Morgan fingerprint density at radius 1 is 1.19 bits per heavy atom. The maximum absolute atomic E-state index is 12.7. The first kappa shape index (κ1) is 18.4. The van der Waals surface area contributed by atoms with Crippen molar-refractivity contribution < 1.29 is 9.59 Å². The molecule has 2 aromatic rings. The summed E-state index contributed by atoms with van der Waals surface area (Å²) in [5.41, 5.74) is 3.50. The second-order valence-electron chi connectivity index (χ2n) is 6.61. The minimum atomic E-state index is -0.322. The minimum Gasteiger partial charge on any atom is -0.350 e. The number of carbonyl (C=O) groups is 2. The van der Waals surface area contributed by atoms with Gasteiger partial charge in [0.15, 0.2) is 0 Å². The van der Waals surface area contributed by atoms with E-state index in [4.69, 9.17) is 5.26 Å². The average Bonchev–Trinajstić information content (AvgIpc) is 2.68. The average molecular weight is 359 g/mol. The first-order valence-electron chi connectivity index (χ1n) is 8.85. The van der Waals surface area contributed by atoms with Gasteiger partial charge < -0.3 is 10.2 Å². The molecule has 1 heterocycles. The number of benzene rings is 2. The van der Waals surface area contributed by atoms with Crippen LogP contribution < -0.4 is 5.32 Å². The highest BCUT2D eigenvalue weighted by molar-refractivity contribution is 5.82. The summed E-state index contributed by atoms with van der Waals surface area (Å²) in [4.78, 5) is 26.3. The molecule has 2 unspecified atom stereocenters. The van der Waals surface area contributed by atoms with Gasteiger partial charge in [0.25, 0.3) is 0 Å². The van der Waals surface area contributed by atoms with E-state index in [0.717, 1.165) is 16.7 Å². The molecule has 2 aromatic carbocycles. The molecule has 1 N–H and O–H groups in total. The molecule has 0 saturated heterocycles. The molecule has 0 bridgehead atoms. The molecule has 0 spiro atoms. The van der Waals surface area contributed by atoms with E-state index in [9.17, 15) is 9.59 Å². The van der Waals surface area contributed by atoms with Gasteiger partial charge in [0.05, 0.1) is 30.1 Å². The van der Waals surface area contributed by atoms with E-state index in [0.29, 0.717) is 5.56 Å². The van der Waals surface area contributed by atoms with Crippen molar-refractivity contribution in [3.8, 4) is 6.07 Å². The molecule has 1 aliphatic heterocycles. The van der Waals surface area contributed by atoms with Crippen LogP contribution in [0.5, 0.6) is 0 Å². The number of fused-ring (bicyclic) bond motifs is 1. The zero-order chi connectivity index (χ0) is 19.4. The molecule has 2 atom stereocenters. The zero-order valence-electron chi connectivity index (χ0n) is 15.3. The molecule has 2 amide bonds. The van der Waals surface area contributed by atoms with E-state index < -0.39 is 0 Å².